The molecule has 0 unspecified atom stereocenters. The summed E-state index contributed by atoms with van der Waals surface area (Å²) in [5.41, 5.74) is 1.13. The average Bonchev–Trinajstić information content (AvgIpc) is 2.88. The van der Waals surface area contributed by atoms with Crippen LogP contribution in [0.25, 0.3) is 0 Å². The minimum Gasteiger partial charge on any atom is -0.504 e. The number of hydrogen-bond acceptors (Lipinski definition) is 12. The lowest BCUT2D eigenvalue weighted by molar-refractivity contribution is -0.291. The van der Waals surface area contributed by atoms with Crippen molar-refractivity contribution in [1.29, 1.82) is 0 Å². The summed E-state index contributed by atoms with van der Waals surface area (Å²) in [6, 6.07) is 4.28. The molecule has 0 radical (unpaired) electrons. The van der Waals surface area contributed by atoms with Gasteiger partial charge in [0.15, 0.2) is 17.8 Å². The van der Waals surface area contributed by atoms with Gasteiger partial charge in [0.25, 0.3) is 0 Å². The lowest BCUT2D eigenvalue weighted by Gasteiger charge is -2.39. The SMILES string of the molecule is C/C=C1/[C@H](O[C@H]2C[C@@H](O)[C@H](O)[C@@H](CO)O2)OC=C(C(=O)OC)[C@H]1CC(=O)OCCc1ccc(O)c(O)c1. The molecule has 2 heterocycles. The van der Waals surface area contributed by atoms with Gasteiger partial charge < -0.3 is 49.2 Å². The predicted octanol–water partition coefficient (Wildman–Crippen LogP) is 0.395. The molecular formula is C25H32O12. The van der Waals surface area contributed by atoms with Crippen molar-refractivity contribution < 1.29 is 58.8 Å². The lowest BCUT2D eigenvalue weighted by Crippen LogP contribution is -2.51. The lowest BCUT2D eigenvalue weighted by atomic mass is 9.86. The summed E-state index contributed by atoms with van der Waals surface area (Å²) >= 11 is 0. The number of ether oxygens (including phenoxy) is 5. The van der Waals surface area contributed by atoms with Crippen LogP contribution < -0.4 is 0 Å². The molecule has 2 aliphatic heterocycles. The van der Waals surface area contributed by atoms with E-state index in [1.54, 1.807) is 19.1 Å². The number of aromatic hydroxyl groups is 2. The molecule has 2 aliphatic rings. The quantitative estimate of drug-likeness (QED) is 0.171. The van der Waals surface area contributed by atoms with Crippen molar-refractivity contribution in [2.75, 3.05) is 20.3 Å². The number of benzene rings is 1. The number of allylic oxidation sites excluding steroid dienone is 1. The van der Waals surface area contributed by atoms with Crippen molar-refractivity contribution >= 4 is 11.9 Å². The topological polar surface area (TPSA) is 181 Å². The second-order valence-electron chi connectivity index (χ2n) is 8.59. The van der Waals surface area contributed by atoms with E-state index in [0.29, 0.717) is 11.1 Å². The van der Waals surface area contributed by atoms with Gasteiger partial charge in [0, 0.05) is 24.3 Å². The third-order valence-electron chi connectivity index (χ3n) is 6.18. The Morgan fingerprint density at radius 2 is 1.95 bits per heavy atom. The molecule has 0 amide bonds. The highest BCUT2D eigenvalue weighted by molar-refractivity contribution is 5.90. The van der Waals surface area contributed by atoms with E-state index in [4.69, 9.17) is 23.7 Å². The molecular weight excluding hydrogens is 492 g/mol. The standard InChI is InChI=1S/C25H32O12/c1-3-14-15(9-21(30)34-7-6-13-4-5-17(27)18(28)8-13)16(24(32)33-2)12-35-25(14)37-22-10-19(29)23(31)20(11-26)36-22/h3-5,8,12,15,19-20,22-23,25-29,31H,6-7,9-11H2,1-2H3/b14-3+/t15-,19+,20+,22-,23-,25-/m0/s1. The van der Waals surface area contributed by atoms with Crippen molar-refractivity contribution in [2.45, 2.75) is 57.1 Å². The molecule has 1 aromatic carbocycles. The van der Waals surface area contributed by atoms with Crippen LogP contribution in [-0.2, 0) is 39.7 Å². The maximum Gasteiger partial charge on any atom is 0.337 e. The van der Waals surface area contributed by atoms with Gasteiger partial charge in [0.05, 0.1) is 44.7 Å². The van der Waals surface area contributed by atoms with E-state index in [1.807, 2.05) is 0 Å². The number of hydrogen-bond donors (Lipinski definition) is 5. The highest BCUT2D eigenvalue weighted by Crippen LogP contribution is 2.36. The zero-order valence-electron chi connectivity index (χ0n) is 20.5. The minimum absolute atomic E-state index is 0.00663. The fourth-order valence-corrected chi connectivity index (χ4v) is 4.15. The molecule has 1 aromatic rings. The summed E-state index contributed by atoms with van der Waals surface area (Å²) in [4.78, 5) is 25.1. The van der Waals surface area contributed by atoms with Gasteiger partial charge in [0.1, 0.15) is 12.2 Å². The molecule has 1 saturated heterocycles. The second kappa shape index (κ2) is 12.9. The van der Waals surface area contributed by atoms with Gasteiger partial charge in [-0.25, -0.2) is 4.79 Å². The summed E-state index contributed by atoms with van der Waals surface area (Å²) in [7, 11) is 1.20. The third-order valence-corrected chi connectivity index (χ3v) is 6.18. The number of esters is 2. The molecule has 3 rings (SSSR count). The molecule has 1 fully saturated rings. The smallest absolute Gasteiger partial charge is 0.337 e. The molecule has 6 atom stereocenters. The normalized spacial score (nSPS) is 28.8. The first-order valence-electron chi connectivity index (χ1n) is 11.7. The number of carbonyl (C=O) groups excluding carboxylic acids is 2. The number of aliphatic hydroxyl groups is 3. The molecule has 0 aromatic heterocycles. The van der Waals surface area contributed by atoms with Gasteiger partial charge in [-0.3, -0.25) is 4.79 Å². The van der Waals surface area contributed by atoms with Crippen LogP contribution in [0.5, 0.6) is 11.5 Å². The number of phenolic OH excluding ortho intramolecular Hbond substituents is 2. The minimum atomic E-state index is -1.28. The van der Waals surface area contributed by atoms with Crippen LogP contribution in [0.4, 0.5) is 0 Å². The Morgan fingerprint density at radius 1 is 1.19 bits per heavy atom. The molecule has 37 heavy (non-hydrogen) atoms. The fraction of sp³-hybridized carbons (Fsp3) is 0.520. The molecule has 0 saturated carbocycles. The Labute approximate surface area is 213 Å². The van der Waals surface area contributed by atoms with E-state index in [1.165, 1.54) is 19.2 Å². The molecule has 0 bridgehead atoms. The number of phenols is 2. The summed E-state index contributed by atoms with van der Waals surface area (Å²) in [6.07, 6.45) is -2.97. The van der Waals surface area contributed by atoms with E-state index < -0.39 is 55.4 Å². The highest BCUT2D eigenvalue weighted by atomic mass is 16.8. The summed E-state index contributed by atoms with van der Waals surface area (Å²) in [5, 5.41) is 48.4. The third kappa shape index (κ3) is 6.99. The fourth-order valence-electron chi connectivity index (χ4n) is 4.15. The van der Waals surface area contributed by atoms with Crippen molar-refractivity contribution in [3.8, 4) is 11.5 Å². The van der Waals surface area contributed by atoms with Crippen molar-refractivity contribution in [3.05, 3.63) is 47.2 Å². The van der Waals surface area contributed by atoms with Crippen molar-refractivity contribution in [1.82, 2.24) is 0 Å². The molecule has 12 nitrogen and oxygen atoms in total. The number of methoxy groups -OCH3 is 1. The number of rotatable bonds is 9. The zero-order chi connectivity index (χ0) is 27.1. The van der Waals surface area contributed by atoms with Gasteiger partial charge in [0.2, 0.25) is 6.29 Å². The first-order valence-corrected chi connectivity index (χ1v) is 11.7. The van der Waals surface area contributed by atoms with Gasteiger partial charge in [-0.05, 0) is 24.6 Å². The Bertz CT molecular complexity index is 1020. The van der Waals surface area contributed by atoms with Gasteiger partial charge in [-0.1, -0.05) is 12.1 Å². The van der Waals surface area contributed by atoms with Crippen LogP contribution in [0.2, 0.25) is 0 Å². The molecule has 0 spiro atoms. The molecule has 204 valence electrons. The van der Waals surface area contributed by atoms with Crippen LogP contribution in [0.15, 0.2) is 41.7 Å². The van der Waals surface area contributed by atoms with E-state index in [2.05, 4.69) is 0 Å². The Hall–Kier alpha value is -3.16. The van der Waals surface area contributed by atoms with Crippen LogP contribution in [0.3, 0.4) is 0 Å². The van der Waals surface area contributed by atoms with E-state index >= 15 is 0 Å². The van der Waals surface area contributed by atoms with E-state index in [0.717, 1.165) is 6.26 Å². The Morgan fingerprint density at radius 3 is 2.59 bits per heavy atom. The second-order valence-corrected chi connectivity index (χ2v) is 8.59. The summed E-state index contributed by atoms with van der Waals surface area (Å²) in [5.74, 6) is -2.67. The van der Waals surface area contributed by atoms with Gasteiger partial charge >= 0.3 is 11.9 Å². The van der Waals surface area contributed by atoms with Gasteiger partial charge in [-0.15, -0.1) is 0 Å². The Balaban J connectivity index is 1.68. The summed E-state index contributed by atoms with van der Waals surface area (Å²) in [6.45, 7) is 1.12. The van der Waals surface area contributed by atoms with E-state index in [-0.39, 0.29) is 42.9 Å². The summed E-state index contributed by atoms with van der Waals surface area (Å²) < 4.78 is 27.1. The first kappa shape index (κ1) is 28.4. The van der Waals surface area contributed by atoms with Crippen molar-refractivity contribution in [2.24, 2.45) is 5.92 Å². The average molecular weight is 525 g/mol. The van der Waals surface area contributed by atoms with Crippen LogP contribution in [0.1, 0.15) is 25.3 Å². The molecule has 0 aliphatic carbocycles. The maximum atomic E-state index is 12.7. The first-order chi connectivity index (χ1) is 17.7. The molecule has 12 heteroatoms. The van der Waals surface area contributed by atoms with Crippen LogP contribution in [-0.4, -0.2) is 88.7 Å². The largest absolute Gasteiger partial charge is 0.504 e. The Kier molecular flexibility index (Phi) is 9.89. The maximum absolute atomic E-state index is 12.7. The number of carbonyl (C=O) groups is 2. The highest BCUT2D eigenvalue weighted by Gasteiger charge is 2.42. The van der Waals surface area contributed by atoms with Crippen molar-refractivity contribution in [3.63, 3.8) is 0 Å². The van der Waals surface area contributed by atoms with Crippen LogP contribution in [0, 0.1) is 5.92 Å². The van der Waals surface area contributed by atoms with E-state index in [9.17, 15) is 35.1 Å². The zero-order valence-corrected chi connectivity index (χ0v) is 20.5. The monoisotopic (exact) mass is 524 g/mol. The molecule has 5 N–H and O–H groups in total. The van der Waals surface area contributed by atoms with Gasteiger partial charge in [-0.2, -0.15) is 0 Å². The van der Waals surface area contributed by atoms with Crippen LogP contribution >= 0.6 is 0 Å². The number of aliphatic hydroxyl groups excluding tert-OH is 3. The predicted molar refractivity (Wildman–Crippen MR) is 125 cm³/mol.